The van der Waals surface area contributed by atoms with Gasteiger partial charge in [-0.05, 0) is 70.6 Å². The fourth-order valence-corrected chi connectivity index (χ4v) is 8.29. The van der Waals surface area contributed by atoms with E-state index in [0.717, 1.165) is 83.5 Å². The van der Waals surface area contributed by atoms with Gasteiger partial charge in [-0.2, -0.15) is 0 Å². The molecule has 2 unspecified atom stereocenters. The molecule has 0 aromatic rings. The van der Waals surface area contributed by atoms with E-state index in [1.54, 1.807) is 0 Å². The minimum atomic E-state index is -1.51. The maximum absolute atomic E-state index is 12.9. The van der Waals surface area contributed by atoms with E-state index in [1.165, 1.54) is 141 Å². The molecule has 0 fully saturated rings. The summed E-state index contributed by atoms with van der Waals surface area (Å²) in [6, 6.07) is 0. The van der Waals surface area contributed by atoms with Crippen molar-refractivity contribution in [3.8, 4) is 0 Å². The topological polar surface area (TPSA) is 108 Å². The molecular formula is C65H114NO8+. The largest absolute Gasteiger partial charge is 0.477 e. The van der Waals surface area contributed by atoms with Gasteiger partial charge in [0.2, 0.25) is 0 Å². The summed E-state index contributed by atoms with van der Waals surface area (Å²) in [7, 11) is 5.97. The lowest BCUT2D eigenvalue weighted by molar-refractivity contribution is -0.870. The highest BCUT2D eigenvalue weighted by Gasteiger charge is 2.25. The van der Waals surface area contributed by atoms with E-state index in [2.05, 4.69) is 98.9 Å². The van der Waals surface area contributed by atoms with Crippen molar-refractivity contribution < 1.29 is 42.9 Å². The Kier molecular flexibility index (Phi) is 53.0. The van der Waals surface area contributed by atoms with E-state index in [-0.39, 0.29) is 32.2 Å². The van der Waals surface area contributed by atoms with Gasteiger partial charge in [0.15, 0.2) is 6.10 Å². The molecule has 0 aliphatic carbocycles. The molecule has 74 heavy (non-hydrogen) atoms. The molecule has 0 amide bonds. The molecule has 0 saturated carbocycles. The summed E-state index contributed by atoms with van der Waals surface area (Å²) in [5, 5.41) is 9.69. The van der Waals surface area contributed by atoms with Gasteiger partial charge < -0.3 is 28.5 Å². The number of ether oxygens (including phenoxy) is 4. The van der Waals surface area contributed by atoms with Gasteiger partial charge in [0, 0.05) is 12.8 Å². The van der Waals surface area contributed by atoms with Gasteiger partial charge in [-0.1, -0.05) is 253 Å². The van der Waals surface area contributed by atoms with Gasteiger partial charge in [-0.3, -0.25) is 9.59 Å². The highest BCUT2D eigenvalue weighted by atomic mass is 16.7. The fraction of sp³-hybridized carbons (Fsp3) is 0.738. The summed E-state index contributed by atoms with van der Waals surface area (Å²) in [4.78, 5) is 37.3. The lowest BCUT2D eigenvalue weighted by Crippen LogP contribution is -2.40. The Morgan fingerprint density at radius 3 is 1.15 bits per heavy atom. The number of allylic oxidation sites excluding steroid dienone is 14. The summed E-state index contributed by atoms with van der Waals surface area (Å²) in [6.07, 6.45) is 71.1. The fourth-order valence-electron chi connectivity index (χ4n) is 8.29. The predicted octanol–water partition coefficient (Wildman–Crippen LogP) is 18.0. The number of nitrogens with zero attached hydrogens (tertiary/aromatic N) is 1. The van der Waals surface area contributed by atoms with Crippen LogP contribution in [0.2, 0.25) is 0 Å². The molecule has 9 heteroatoms. The lowest BCUT2D eigenvalue weighted by Gasteiger charge is -2.25. The summed E-state index contributed by atoms with van der Waals surface area (Å²) in [5.74, 6) is -2.00. The zero-order valence-electron chi connectivity index (χ0n) is 48.5. The third kappa shape index (κ3) is 56.2. The summed E-state index contributed by atoms with van der Waals surface area (Å²) < 4.78 is 22.8. The van der Waals surface area contributed by atoms with Crippen LogP contribution in [0.25, 0.3) is 0 Å². The number of hydrogen-bond donors (Lipinski definition) is 1. The van der Waals surface area contributed by atoms with Gasteiger partial charge in [-0.15, -0.1) is 0 Å². The number of rotatable bonds is 55. The normalized spacial score (nSPS) is 13.4. The molecule has 0 aliphatic heterocycles. The average Bonchev–Trinajstić information content (AvgIpc) is 3.37. The minimum Gasteiger partial charge on any atom is -0.477 e. The van der Waals surface area contributed by atoms with Crippen LogP contribution in [-0.2, 0) is 33.3 Å². The zero-order valence-corrected chi connectivity index (χ0v) is 48.5. The monoisotopic (exact) mass is 1040 g/mol. The molecule has 0 spiro atoms. The van der Waals surface area contributed by atoms with Crippen molar-refractivity contribution >= 4 is 17.9 Å². The second-order valence-electron chi connectivity index (χ2n) is 21.3. The van der Waals surface area contributed by atoms with Gasteiger partial charge in [-0.25, -0.2) is 4.79 Å². The number of likely N-dealkylation sites (N-methyl/N-ethyl adjacent to an activating group) is 1. The number of carboxylic acids is 1. The van der Waals surface area contributed by atoms with E-state index in [4.69, 9.17) is 18.9 Å². The average molecular weight is 1040 g/mol. The van der Waals surface area contributed by atoms with E-state index in [0.29, 0.717) is 17.4 Å². The Morgan fingerprint density at radius 2 is 0.770 bits per heavy atom. The molecule has 0 radical (unpaired) electrons. The van der Waals surface area contributed by atoms with Gasteiger partial charge in [0.1, 0.15) is 13.2 Å². The van der Waals surface area contributed by atoms with Crippen molar-refractivity contribution in [3.63, 3.8) is 0 Å². The van der Waals surface area contributed by atoms with Crippen LogP contribution < -0.4 is 0 Å². The van der Waals surface area contributed by atoms with Crippen molar-refractivity contribution in [3.05, 3.63) is 85.1 Å². The number of quaternary nitrogens is 1. The minimum absolute atomic E-state index is 0.181. The molecule has 0 aromatic carbocycles. The lowest BCUT2D eigenvalue weighted by atomic mass is 10.0. The predicted molar refractivity (Wildman–Crippen MR) is 313 cm³/mol. The van der Waals surface area contributed by atoms with Crippen molar-refractivity contribution in [2.45, 2.75) is 264 Å². The first kappa shape index (κ1) is 70.5. The smallest absolute Gasteiger partial charge is 0.361 e. The van der Waals surface area contributed by atoms with Crippen LogP contribution >= 0.6 is 0 Å². The SMILES string of the molecule is CC/C=C\C/C=C\C/C=C\C/C=C\C/C=C\C/C=C\C/C=C\CCCCCCCCCCCCCCCCCC(=O)OC(COC(=O)CCCCCCCCCCCCCC)COC(OCC[N+](C)(C)C)C(=O)O. The van der Waals surface area contributed by atoms with Crippen molar-refractivity contribution in [2.24, 2.45) is 0 Å². The van der Waals surface area contributed by atoms with Crippen LogP contribution in [0.5, 0.6) is 0 Å². The number of carboxylic acid groups (broad SMARTS) is 1. The van der Waals surface area contributed by atoms with Gasteiger partial charge in [0.25, 0.3) is 6.29 Å². The van der Waals surface area contributed by atoms with Crippen molar-refractivity contribution in [2.75, 3.05) is 47.5 Å². The molecule has 426 valence electrons. The Hall–Kier alpha value is -3.53. The first-order chi connectivity index (χ1) is 36.1. The maximum atomic E-state index is 12.9. The molecule has 0 aliphatic rings. The second-order valence-corrected chi connectivity index (χ2v) is 21.3. The van der Waals surface area contributed by atoms with E-state index in [1.807, 2.05) is 21.1 Å². The highest BCUT2D eigenvalue weighted by Crippen LogP contribution is 2.16. The second kappa shape index (κ2) is 55.7. The third-order valence-electron chi connectivity index (χ3n) is 12.9. The Balaban J connectivity index is 4.06. The van der Waals surface area contributed by atoms with E-state index < -0.39 is 24.3 Å². The standard InChI is InChI=1S/C65H113NO8/c1-6-8-10-12-14-16-18-20-21-22-23-24-25-26-27-28-29-30-31-32-33-34-35-36-37-38-39-40-41-42-43-44-46-48-50-52-54-56-63(68)74-61(60-73-65(64(69)70)71-58-57-66(3,4)5)59-72-62(67)55-53-51-49-47-45-19-17-15-13-11-9-7-2/h8,10,14,16,20-21,23-24,26-27,29-30,32-33,61,65H,6-7,9,11-13,15,17-19,22,25,28,31,34-60H2,1-5H3/p+1/b10-8-,16-14-,21-20-,24-23-,27-26-,30-29-,33-32-. The van der Waals surface area contributed by atoms with E-state index in [9.17, 15) is 19.5 Å². The van der Waals surface area contributed by atoms with E-state index >= 15 is 0 Å². The van der Waals surface area contributed by atoms with Crippen LogP contribution in [0.1, 0.15) is 251 Å². The molecular weight excluding hydrogens is 923 g/mol. The number of hydrogen-bond acceptors (Lipinski definition) is 7. The number of esters is 2. The maximum Gasteiger partial charge on any atom is 0.361 e. The number of carbonyl (C=O) groups is 3. The first-order valence-corrected chi connectivity index (χ1v) is 30.3. The summed E-state index contributed by atoms with van der Waals surface area (Å²) >= 11 is 0. The van der Waals surface area contributed by atoms with Gasteiger partial charge >= 0.3 is 17.9 Å². The molecule has 0 bridgehead atoms. The highest BCUT2D eigenvalue weighted by molar-refractivity contribution is 5.71. The number of carbonyl (C=O) groups excluding carboxylic acids is 2. The molecule has 0 heterocycles. The number of aliphatic carboxylic acids is 1. The van der Waals surface area contributed by atoms with Crippen LogP contribution in [0, 0.1) is 0 Å². The zero-order chi connectivity index (χ0) is 54.1. The van der Waals surface area contributed by atoms with Crippen molar-refractivity contribution in [1.29, 1.82) is 0 Å². The molecule has 9 nitrogen and oxygen atoms in total. The molecule has 0 aromatic heterocycles. The quantitative estimate of drug-likeness (QED) is 0.0211. The van der Waals surface area contributed by atoms with Crippen LogP contribution in [0.4, 0.5) is 0 Å². The Morgan fingerprint density at radius 1 is 0.419 bits per heavy atom. The summed E-state index contributed by atoms with van der Waals surface area (Å²) in [5.41, 5.74) is 0. The van der Waals surface area contributed by atoms with Gasteiger partial charge in [0.05, 0.1) is 34.4 Å². The molecule has 2 atom stereocenters. The van der Waals surface area contributed by atoms with Crippen LogP contribution in [0.3, 0.4) is 0 Å². The molecule has 0 rings (SSSR count). The molecule has 1 N–H and O–H groups in total. The Labute approximate surface area is 455 Å². The van der Waals surface area contributed by atoms with Crippen molar-refractivity contribution in [1.82, 2.24) is 0 Å². The summed E-state index contributed by atoms with van der Waals surface area (Å²) in [6.45, 7) is 4.77. The van der Waals surface area contributed by atoms with Crippen LogP contribution in [-0.4, -0.2) is 87.4 Å². The molecule has 0 saturated heterocycles. The first-order valence-electron chi connectivity index (χ1n) is 30.3. The third-order valence-corrected chi connectivity index (χ3v) is 12.9. The Bertz CT molecular complexity index is 1490. The van der Waals surface area contributed by atoms with Crippen LogP contribution in [0.15, 0.2) is 85.1 Å². The number of unbranched alkanes of at least 4 members (excludes halogenated alkanes) is 26.